The molecule has 0 unspecified atom stereocenters. The molecule has 2 atom stereocenters. The summed E-state index contributed by atoms with van der Waals surface area (Å²) in [5, 5.41) is 2.93. The Morgan fingerprint density at radius 1 is 1.03 bits per heavy atom. The zero-order valence-corrected chi connectivity index (χ0v) is 21.3. The maximum absolute atomic E-state index is 13.2. The van der Waals surface area contributed by atoms with E-state index < -0.39 is 22.0 Å². The van der Waals surface area contributed by atoms with Gasteiger partial charge in [0, 0.05) is 25.6 Å². The Balaban J connectivity index is 1.66. The zero-order chi connectivity index (χ0) is 25.6. The summed E-state index contributed by atoms with van der Waals surface area (Å²) in [4.78, 5) is 40.1. The van der Waals surface area contributed by atoms with Crippen molar-refractivity contribution < 1.29 is 22.8 Å². The highest BCUT2D eigenvalue weighted by Crippen LogP contribution is 2.30. The first-order chi connectivity index (χ1) is 16.7. The zero-order valence-electron chi connectivity index (χ0n) is 20.4. The van der Waals surface area contributed by atoms with Gasteiger partial charge in [-0.15, -0.1) is 0 Å². The van der Waals surface area contributed by atoms with Crippen molar-refractivity contribution in [2.75, 3.05) is 13.1 Å². The molecule has 2 aromatic rings. The summed E-state index contributed by atoms with van der Waals surface area (Å²) in [5.41, 5.74) is 1.20. The molecule has 0 fully saturated rings. The lowest BCUT2D eigenvalue weighted by Gasteiger charge is -2.30. The number of carbonyl (C=O) groups excluding carboxylic acids is 3. The second kappa shape index (κ2) is 11.5. The summed E-state index contributed by atoms with van der Waals surface area (Å²) in [6.45, 7) is 5.84. The largest absolute Gasteiger partial charge is 0.352 e. The fourth-order valence-electron chi connectivity index (χ4n) is 4.01. The molecule has 188 valence electrons. The minimum atomic E-state index is -3.91. The van der Waals surface area contributed by atoms with Gasteiger partial charge in [-0.3, -0.25) is 14.4 Å². The van der Waals surface area contributed by atoms with Crippen molar-refractivity contribution in [1.29, 1.82) is 0 Å². The van der Waals surface area contributed by atoms with Gasteiger partial charge >= 0.3 is 0 Å². The van der Waals surface area contributed by atoms with E-state index in [0.29, 0.717) is 13.0 Å². The van der Waals surface area contributed by atoms with Crippen LogP contribution in [0.25, 0.3) is 0 Å². The van der Waals surface area contributed by atoms with Crippen LogP contribution in [0.5, 0.6) is 0 Å². The first kappa shape index (κ1) is 26.4. The molecule has 1 heterocycles. The summed E-state index contributed by atoms with van der Waals surface area (Å²) < 4.78 is 26.3. The molecule has 1 aliphatic rings. The fourth-order valence-corrected chi connectivity index (χ4v) is 5.61. The van der Waals surface area contributed by atoms with Gasteiger partial charge < -0.3 is 10.2 Å². The first-order valence-electron chi connectivity index (χ1n) is 12.0. The van der Waals surface area contributed by atoms with Crippen LogP contribution < -0.4 is 5.32 Å². The molecule has 9 heteroatoms. The average Bonchev–Trinajstić information content (AvgIpc) is 3.05. The minimum Gasteiger partial charge on any atom is -0.352 e. The maximum Gasteiger partial charge on any atom is 0.269 e. The quantitative estimate of drug-likeness (QED) is 0.512. The molecule has 0 bridgehead atoms. The van der Waals surface area contributed by atoms with Gasteiger partial charge in [-0.25, -0.2) is 12.7 Å². The molecule has 35 heavy (non-hydrogen) atoms. The summed E-state index contributed by atoms with van der Waals surface area (Å²) in [6, 6.07) is 15.1. The second-order valence-corrected chi connectivity index (χ2v) is 10.6. The van der Waals surface area contributed by atoms with Crippen molar-refractivity contribution >= 4 is 27.7 Å². The molecular formula is C26H33N3O5S. The van der Waals surface area contributed by atoms with Gasteiger partial charge in [0.1, 0.15) is 10.9 Å². The number of amides is 3. The number of sulfonamides is 1. The van der Waals surface area contributed by atoms with Gasteiger partial charge in [0.25, 0.3) is 15.9 Å². The van der Waals surface area contributed by atoms with Gasteiger partial charge in [-0.1, -0.05) is 49.4 Å². The van der Waals surface area contributed by atoms with Crippen LogP contribution in [0.2, 0.25) is 0 Å². The highest BCUT2D eigenvalue weighted by atomic mass is 32.2. The van der Waals surface area contributed by atoms with E-state index in [1.807, 2.05) is 44.2 Å². The third kappa shape index (κ3) is 6.08. The van der Waals surface area contributed by atoms with Gasteiger partial charge in [0.15, 0.2) is 0 Å². The summed E-state index contributed by atoms with van der Waals surface area (Å²) >= 11 is 0. The van der Waals surface area contributed by atoms with Gasteiger partial charge in [-0.05, 0) is 50.8 Å². The SMILES string of the molecule is CC[C@@H](C)NC(=O)[C@H](C)N(CCc1ccccc1)C(=O)CCCN1C(=O)c2ccccc2S1(=O)=O. The van der Waals surface area contributed by atoms with Crippen molar-refractivity contribution in [3.05, 3.63) is 65.7 Å². The van der Waals surface area contributed by atoms with Crippen molar-refractivity contribution in [2.45, 2.75) is 63.4 Å². The van der Waals surface area contributed by atoms with E-state index in [1.165, 1.54) is 12.1 Å². The van der Waals surface area contributed by atoms with Crippen LogP contribution in [0, 0.1) is 0 Å². The molecule has 0 radical (unpaired) electrons. The van der Waals surface area contributed by atoms with Crippen molar-refractivity contribution in [1.82, 2.24) is 14.5 Å². The smallest absolute Gasteiger partial charge is 0.269 e. The molecule has 1 N–H and O–H groups in total. The maximum atomic E-state index is 13.2. The summed E-state index contributed by atoms with van der Waals surface area (Å²) in [7, 11) is -3.91. The van der Waals surface area contributed by atoms with E-state index in [2.05, 4.69) is 5.32 Å². The highest BCUT2D eigenvalue weighted by Gasteiger charge is 2.40. The van der Waals surface area contributed by atoms with Crippen LogP contribution in [0.1, 0.15) is 56.0 Å². The third-order valence-electron chi connectivity index (χ3n) is 6.32. The van der Waals surface area contributed by atoms with Crippen LogP contribution in [0.3, 0.4) is 0 Å². The number of benzene rings is 2. The van der Waals surface area contributed by atoms with E-state index in [1.54, 1.807) is 24.0 Å². The second-order valence-electron chi connectivity index (χ2n) is 8.80. The van der Waals surface area contributed by atoms with Crippen LogP contribution >= 0.6 is 0 Å². The van der Waals surface area contributed by atoms with E-state index >= 15 is 0 Å². The Labute approximate surface area is 207 Å². The first-order valence-corrected chi connectivity index (χ1v) is 13.4. The normalized spacial score (nSPS) is 15.9. The van der Waals surface area contributed by atoms with E-state index in [-0.39, 0.29) is 47.7 Å². The average molecular weight is 500 g/mol. The molecule has 2 aromatic carbocycles. The molecule has 0 saturated heterocycles. The van der Waals surface area contributed by atoms with Gasteiger partial charge in [-0.2, -0.15) is 0 Å². The number of carbonyl (C=O) groups is 3. The number of nitrogens with one attached hydrogen (secondary N) is 1. The monoisotopic (exact) mass is 499 g/mol. The number of nitrogens with zero attached hydrogens (tertiary/aromatic N) is 2. The molecule has 0 aromatic heterocycles. The Morgan fingerprint density at radius 3 is 2.34 bits per heavy atom. The van der Waals surface area contributed by atoms with Crippen molar-refractivity contribution in [3.63, 3.8) is 0 Å². The molecule has 0 saturated carbocycles. The van der Waals surface area contributed by atoms with E-state index in [0.717, 1.165) is 16.3 Å². The molecular weight excluding hydrogens is 466 g/mol. The predicted molar refractivity (Wildman–Crippen MR) is 133 cm³/mol. The summed E-state index contributed by atoms with van der Waals surface area (Å²) in [6.07, 6.45) is 1.55. The molecule has 3 amide bonds. The third-order valence-corrected chi connectivity index (χ3v) is 8.16. The predicted octanol–water partition coefficient (Wildman–Crippen LogP) is 2.99. The van der Waals surface area contributed by atoms with E-state index in [4.69, 9.17) is 0 Å². The Morgan fingerprint density at radius 2 is 1.69 bits per heavy atom. The number of hydrogen-bond donors (Lipinski definition) is 1. The minimum absolute atomic E-state index is 0.00356. The van der Waals surface area contributed by atoms with Crippen LogP contribution in [-0.4, -0.2) is 60.5 Å². The fraction of sp³-hybridized carbons (Fsp3) is 0.423. The van der Waals surface area contributed by atoms with Crippen LogP contribution in [0.4, 0.5) is 0 Å². The topological polar surface area (TPSA) is 104 Å². The Bertz CT molecular complexity index is 1170. The molecule has 3 rings (SSSR count). The highest BCUT2D eigenvalue weighted by molar-refractivity contribution is 7.90. The van der Waals surface area contributed by atoms with E-state index in [9.17, 15) is 22.8 Å². The Kier molecular flexibility index (Phi) is 8.67. The standard InChI is InChI=1S/C26H33N3O5S/c1-4-19(2)27-25(31)20(3)28(18-16-21-11-6-5-7-12-21)24(30)15-10-17-29-26(32)22-13-8-9-14-23(22)35(29,33)34/h5-9,11-14,19-20H,4,10,15-18H2,1-3H3,(H,27,31)/t19-,20+/m1/s1. The lowest BCUT2D eigenvalue weighted by atomic mass is 10.1. The molecule has 0 aliphatic carbocycles. The number of fused-ring (bicyclic) bond motifs is 1. The molecule has 0 spiro atoms. The van der Waals surface area contributed by atoms with Crippen molar-refractivity contribution in [2.24, 2.45) is 0 Å². The van der Waals surface area contributed by atoms with Crippen LogP contribution in [0.15, 0.2) is 59.5 Å². The lowest BCUT2D eigenvalue weighted by molar-refractivity contribution is -0.140. The van der Waals surface area contributed by atoms with Gasteiger partial charge in [0.05, 0.1) is 5.56 Å². The lowest BCUT2D eigenvalue weighted by Crippen LogP contribution is -2.50. The number of hydrogen-bond acceptors (Lipinski definition) is 5. The van der Waals surface area contributed by atoms with Gasteiger partial charge in [0.2, 0.25) is 11.8 Å². The van der Waals surface area contributed by atoms with Crippen LogP contribution in [-0.2, 0) is 26.0 Å². The van der Waals surface area contributed by atoms with Crippen molar-refractivity contribution in [3.8, 4) is 0 Å². The molecule has 1 aliphatic heterocycles. The number of rotatable bonds is 11. The Hall–Kier alpha value is -3.20. The molecule has 8 nitrogen and oxygen atoms in total. The summed E-state index contributed by atoms with van der Waals surface area (Å²) in [5.74, 6) is -1.06.